The molecular weight excluding hydrogens is 486 g/mol. The molecule has 1 aliphatic rings. The average molecular weight is 516 g/mol. The van der Waals surface area contributed by atoms with Gasteiger partial charge in [-0.2, -0.15) is 9.57 Å². The van der Waals surface area contributed by atoms with Crippen LogP contribution < -0.4 is 4.90 Å². The Bertz CT molecular complexity index is 1340. The second-order valence-electron chi connectivity index (χ2n) is 9.11. The molecule has 4 rings (SSSR count). The third-order valence-electron chi connectivity index (χ3n) is 6.31. The molecule has 1 aromatic heterocycles. The quantitative estimate of drug-likeness (QED) is 0.454. The van der Waals surface area contributed by atoms with Gasteiger partial charge in [-0.3, -0.25) is 4.90 Å². The van der Waals surface area contributed by atoms with Crippen LogP contribution >= 0.6 is 11.6 Å². The van der Waals surface area contributed by atoms with Gasteiger partial charge in [0.25, 0.3) is 10.0 Å². The zero-order chi connectivity index (χ0) is 25.2. The molecule has 1 aliphatic heterocycles. The summed E-state index contributed by atoms with van der Waals surface area (Å²) < 4.78 is 33.4. The van der Waals surface area contributed by atoms with Gasteiger partial charge in [0.2, 0.25) is 5.09 Å². The molecule has 186 valence electrons. The fraction of sp³-hybridized carbons (Fsp3) is 0.400. The van der Waals surface area contributed by atoms with Crippen LogP contribution in [0.15, 0.2) is 52.0 Å². The third-order valence-corrected chi connectivity index (χ3v) is 8.30. The number of fused-ring (bicyclic) bond motifs is 1. The lowest BCUT2D eigenvalue weighted by Gasteiger charge is -2.33. The van der Waals surface area contributed by atoms with Gasteiger partial charge in [0.05, 0.1) is 11.6 Å². The van der Waals surface area contributed by atoms with E-state index in [1.54, 1.807) is 18.2 Å². The van der Waals surface area contributed by atoms with Gasteiger partial charge in [-0.25, -0.2) is 8.42 Å². The van der Waals surface area contributed by atoms with E-state index < -0.39 is 10.0 Å². The van der Waals surface area contributed by atoms with Crippen molar-refractivity contribution in [2.45, 2.75) is 11.6 Å². The third kappa shape index (κ3) is 5.80. The number of likely N-dealkylation sites (N-methyl/N-ethyl adjacent to an activating group) is 2. The highest BCUT2D eigenvalue weighted by Gasteiger charge is 2.31. The largest absolute Gasteiger partial charge is 0.443 e. The Morgan fingerprint density at radius 2 is 1.77 bits per heavy atom. The van der Waals surface area contributed by atoms with E-state index in [1.807, 2.05) is 33.3 Å². The van der Waals surface area contributed by atoms with E-state index in [0.717, 1.165) is 24.3 Å². The van der Waals surface area contributed by atoms with Crippen molar-refractivity contribution < 1.29 is 12.8 Å². The summed E-state index contributed by atoms with van der Waals surface area (Å²) in [7, 11) is 2.39. The minimum atomic E-state index is -3.74. The molecule has 2 aromatic carbocycles. The Kier molecular flexibility index (Phi) is 7.69. The van der Waals surface area contributed by atoms with Crippen molar-refractivity contribution in [2.24, 2.45) is 0 Å². The monoisotopic (exact) mass is 515 g/mol. The lowest BCUT2D eigenvalue weighted by atomic mass is 10.1. The standard InChI is InChI=1S/C25H30ClN5O3S/c1-28(2)8-9-29(3)23-6-4-19(17-27)21(15-23)18-30-10-12-31(13-11-30)35(32,33)25-16-20-14-22(26)5-7-24(20)34-25/h4-7,14-16H,8-13,18H2,1-3H3. The average Bonchev–Trinajstić information content (AvgIpc) is 3.27. The van der Waals surface area contributed by atoms with Gasteiger partial charge in [-0.05, 0) is 56.1 Å². The number of furan rings is 1. The van der Waals surface area contributed by atoms with Crippen LogP contribution in [0.5, 0.6) is 0 Å². The van der Waals surface area contributed by atoms with E-state index in [4.69, 9.17) is 16.0 Å². The molecule has 0 bridgehead atoms. The number of piperazine rings is 1. The molecule has 2 heterocycles. The fourth-order valence-electron chi connectivity index (χ4n) is 4.15. The molecule has 3 aromatic rings. The Morgan fingerprint density at radius 3 is 2.46 bits per heavy atom. The number of anilines is 1. The van der Waals surface area contributed by atoms with E-state index in [2.05, 4.69) is 26.8 Å². The summed E-state index contributed by atoms with van der Waals surface area (Å²) in [6.45, 7) is 4.24. The minimum absolute atomic E-state index is 0.0663. The van der Waals surface area contributed by atoms with Gasteiger partial charge in [0.15, 0.2) is 0 Å². The normalized spacial score (nSPS) is 15.5. The maximum absolute atomic E-state index is 13.2. The van der Waals surface area contributed by atoms with Crippen LogP contribution in [0, 0.1) is 11.3 Å². The van der Waals surface area contributed by atoms with Crippen molar-refractivity contribution >= 4 is 38.3 Å². The Labute approximate surface area is 211 Å². The molecule has 0 atom stereocenters. The number of halogens is 1. The van der Waals surface area contributed by atoms with Crippen molar-refractivity contribution in [3.8, 4) is 6.07 Å². The summed E-state index contributed by atoms with van der Waals surface area (Å²) >= 11 is 6.02. The molecule has 0 spiro atoms. The summed E-state index contributed by atoms with van der Waals surface area (Å²) in [4.78, 5) is 6.50. The van der Waals surface area contributed by atoms with E-state index in [0.29, 0.717) is 54.3 Å². The van der Waals surface area contributed by atoms with Crippen molar-refractivity contribution in [1.82, 2.24) is 14.1 Å². The van der Waals surface area contributed by atoms with Crippen LogP contribution in [0.4, 0.5) is 5.69 Å². The smallest absolute Gasteiger partial charge is 0.276 e. The maximum atomic E-state index is 13.2. The van der Waals surface area contributed by atoms with Gasteiger partial charge in [-0.15, -0.1) is 0 Å². The summed E-state index contributed by atoms with van der Waals surface area (Å²) in [5, 5.41) is 10.7. The van der Waals surface area contributed by atoms with Crippen molar-refractivity contribution in [3.63, 3.8) is 0 Å². The number of rotatable bonds is 8. The van der Waals surface area contributed by atoms with Gasteiger partial charge < -0.3 is 14.2 Å². The van der Waals surface area contributed by atoms with Gasteiger partial charge in [0, 0.05) is 75.0 Å². The SMILES string of the molecule is CN(C)CCN(C)c1ccc(C#N)c(CN2CCN(S(=O)(=O)c3cc4cc(Cl)ccc4o3)CC2)c1. The van der Waals surface area contributed by atoms with Crippen LogP contribution in [0.1, 0.15) is 11.1 Å². The maximum Gasteiger partial charge on any atom is 0.276 e. The number of sulfonamides is 1. The first-order valence-corrected chi connectivity index (χ1v) is 13.3. The summed E-state index contributed by atoms with van der Waals surface area (Å²) in [6.07, 6.45) is 0. The number of hydrogen-bond donors (Lipinski definition) is 0. The molecule has 8 nitrogen and oxygen atoms in total. The topological polar surface area (TPSA) is 84.0 Å². The second kappa shape index (κ2) is 10.6. The Balaban J connectivity index is 1.43. The van der Waals surface area contributed by atoms with E-state index in [9.17, 15) is 13.7 Å². The molecule has 0 saturated carbocycles. The molecule has 1 saturated heterocycles. The lowest BCUT2D eigenvalue weighted by Crippen LogP contribution is -2.48. The fourth-order valence-corrected chi connectivity index (χ4v) is 5.70. The summed E-state index contributed by atoms with van der Waals surface area (Å²) in [6, 6.07) is 14.8. The molecule has 10 heteroatoms. The highest BCUT2D eigenvalue weighted by atomic mass is 35.5. The molecular formula is C25H30ClN5O3S. The molecule has 0 radical (unpaired) electrons. The zero-order valence-electron chi connectivity index (χ0n) is 20.2. The van der Waals surface area contributed by atoms with Crippen LogP contribution in [0.2, 0.25) is 5.02 Å². The van der Waals surface area contributed by atoms with E-state index in [-0.39, 0.29) is 5.09 Å². The Hall–Kier alpha value is -2.61. The predicted octanol–water partition coefficient (Wildman–Crippen LogP) is 3.46. The predicted molar refractivity (Wildman–Crippen MR) is 138 cm³/mol. The molecule has 1 fully saturated rings. The molecule has 0 aliphatic carbocycles. The highest BCUT2D eigenvalue weighted by Crippen LogP contribution is 2.28. The molecule has 0 N–H and O–H groups in total. The van der Waals surface area contributed by atoms with Crippen LogP contribution in [0.3, 0.4) is 0 Å². The number of hydrogen-bond acceptors (Lipinski definition) is 7. The van der Waals surface area contributed by atoms with Crippen molar-refractivity contribution in [3.05, 3.63) is 58.6 Å². The molecule has 35 heavy (non-hydrogen) atoms. The summed E-state index contributed by atoms with van der Waals surface area (Å²) in [5.41, 5.74) is 3.15. The Morgan fingerprint density at radius 1 is 1.03 bits per heavy atom. The molecule has 0 amide bonds. The second-order valence-corrected chi connectivity index (χ2v) is 11.4. The molecule has 0 unspecified atom stereocenters. The summed E-state index contributed by atoms with van der Waals surface area (Å²) in [5.74, 6) is 0. The van der Waals surface area contributed by atoms with Gasteiger partial charge in [0.1, 0.15) is 5.58 Å². The highest BCUT2D eigenvalue weighted by molar-refractivity contribution is 7.89. The van der Waals surface area contributed by atoms with Crippen LogP contribution in [-0.2, 0) is 16.6 Å². The first-order valence-electron chi connectivity index (χ1n) is 11.5. The van der Waals surface area contributed by atoms with Crippen LogP contribution in [-0.4, -0.2) is 82.9 Å². The number of nitrogens with zero attached hydrogens (tertiary/aromatic N) is 5. The van der Waals surface area contributed by atoms with Crippen LogP contribution in [0.25, 0.3) is 11.0 Å². The first kappa shape index (κ1) is 25.5. The minimum Gasteiger partial charge on any atom is -0.443 e. The van der Waals surface area contributed by atoms with Crippen molar-refractivity contribution in [1.29, 1.82) is 5.26 Å². The van der Waals surface area contributed by atoms with E-state index >= 15 is 0 Å². The lowest BCUT2D eigenvalue weighted by molar-refractivity contribution is 0.180. The van der Waals surface area contributed by atoms with Gasteiger partial charge >= 0.3 is 0 Å². The van der Waals surface area contributed by atoms with Crippen molar-refractivity contribution in [2.75, 3.05) is 65.3 Å². The number of benzene rings is 2. The number of nitriles is 1. The van der Waals surface area contributed by atoms with Gasteiger partial charge in [-0.1, -0.05) is 11.6 Å². The zero-order valence-corrected chi connectivity index (χ0v) is 21.8. The first-order chi connectivity index (χ1) is 16.7. The van der Waals surface area contributed by atoms with E-state index in [1.165, 1.54) is 10.4 Å².